The van der Waals surface area contributed by atoms with Gasteiger partial charge >= 0.3 is 5.97 Å². The maximum Gasteiger partial charge on any atom is 0.312 e. The molecule has 2 unspecified atom stereocenters. The van der Waals surface area contributed by atoms with Crippen LogP contribution in [0.4, 0.5) is 0 Å². The number of nitrogens with zero attached hydrogens (tertiary/aromatic N) is 2. The van der Waals surface area contributed by atoms with Crippen LogP contribution in [-0.4, -0.2) is 82.3 Å². The first-order valence-electron chi connectivity index (χ1n) is 13.7. The summed E-state index contributed by atoms with van der Waals surface area (Å²) >= 11 is 0. The second-order valence-corrected chi connectivity index (χ2v) is 10.7. The van der Waals surface area contributed by atoms with Crippen molar-refractivity contribution in [3.63, 3.8) is 0 Å². The Morgan fingerprint density at radius 1 is 1.25 bits per heavy atom. The molecule has 8 heteroatoms. The third-order valence-corrected chi connectivity index (χ3v) is 8.74. The Morgan fingerprint density at radius 2 is 2.00 bits per heavy atom. The zero-order valence-corrected chi connectivity index (χ0v) is 21.6. The molecule has 1 aliphatic carbocycles. The van der Waals surface area contributed by atoms with Gasteiger partial charge in [-0.3, -0.25) is 14.4 Å². The molecule has 3 heterocycles. The molecule has 6 atom stereocenters. The van der Waals surface area contributed by atoms with E-state index in [0.29, 0.717) is 32.2 Å². The molecule has 2 amide bonds. The Balaban J connectivity index is 1.68. The van der Waals surface area contributed by atoms with Gasteiger partial charge in [-0.25, -0.2) is 0 Å². The molecular weight excluding hydrogens is 460 g/mol. The predicted octanol–water partition coefficient (Wildman–Crippen LogP) is 2.99. The average Bonchev–Trinajstić information content (AvgIpc) is 3.54. The monoisotopic (exact) mass is 502 g/mol. The number of hydrogen-bond donors (Lipinski definition) is 1. The van der Waals surface area contributed by atoms with E-state index in [1.165, 1.54) is 0 Å². The molecule has 1 saturated carbocycles. The van der Waals surface area contributed by atoms with Crippen LogP contribution in [0.3, 0.4) is 0 Å². The highest BCUT2D eigenvalue weighted by Crippen LogP contribution is 2.59. The lowest BCUT2D eigenvalue weighted by molar-refractivity contribution is -0.157. The number of aliphatic hydroxyl groups excluding tert-OH is 1. The van der Waals surface area contributed by atoms with Crippen LogP contribution >= 0.6 is 0 Å². The fourth-order valence-corrected chi connectivity index (χ4v) is 7.05. The van der Waals surface area contributed by atoms with E-state index in [9.17, 15) is 19.5 Å². The number of unbranched alkanes of at least 4 members (excludes halogenated alkanes) is 1. The summed E-state index contributed by atoms with van der Waals surface area (Å²) < 4.78 is 12.1. The number of amides is 2. The Hall–Kier alpha value is -2.19. The van der Waals surface area contributed by atoms with Crippen molar-refractivity contribution in [2.45, 2.75) is 101 Å². The maximum atomic E-state index is 14.4. The first-order valence-corrected chi connectivity index (χ1v) is 13.7. The molecule has 0 aromatic rings. The van der Waals surface area contributed by atoms with Crippen LogP contribution in [0.2, 0.25) is 0 Å². The van der Waals surface area contributed by atoms with Gasteiger partial charge in [0.2, 0.25) is 11.8 Å². The molecule has 200 valence electrons. The highest BCUT2D eigenvalue weighted by molar-refractivity contribution is 5.98. The number of rotatable bonds is 12. The molecule has 4 fully saturated rings. The largest absolute Gasteiger partial charge is 0.465 e. The van der Waals surface area contributed by atoms with Crippen LogP contribution < -0.4 is 0 Å². The average molecular weight is 503 g/mol. The van der Waals surface area contributed by atoms with Gasteiger partial charge < -0.3 is 24.4 Å². The molecule has 0 radical (unpaired) electrons. The van der Waals surface area contributed by atoms with E-state index in [4.69, 9.17) is 9.47 Å². The number of hydrogen-bond acceptors (Lipinski definition) is 6. The van der Waals surface area contributed by atoms with Crippen molar-refractivity contribution in [1.29, 1.82) is 0 Å². The zero-order valence-electron chi connectivity index (χ0n) is 21.6. The van der Waals surface area contributed by atoms with Crippen LogP contribution in [0.5, 0.6) is 0 Å². The quantitative estimate of drug-likeness (QED) is 0.250. The molecule has 8 nitrogen and oxygen atoms in total. The first-order chi connectivity index (χ1) is 17.4. The normalized spacial score (nSPS) is 32.3. The van der Waals surface area contributed by atoms with Crippen molar-refractivity contribution in [3.8, 4) is 0 Å². The van der Waals surface area contributed by atoms with E-state index in [1.54, 1.807) is 17.1 Å². The number of carbonyl (C=O) groups excluding carboxylic acids is 3. The second-order valence-electron chi connectivity index (χ2n) is 10.7. The lowest BCUT2D eigenvalue weighted by Gasteiger charge is -2.42. The van der Waals surface area contributed by atoms with E-state index < -0.39 is 41.6 Å². The number of ether oxygens (including phenoxy) is 2. The second kappa shape index (κ2) is 11.5. The summed E-state index contributed by atoms with van der Waals surface area (Å²) in [6.45, 7) is 9.88. The Kier molecular flexibility index (Phi) is 8.56. The van der Waals surface area contributed by atoms with Crippen molar-refractivity contribution < 1.29 is 29.0 Å². The fourth-order valence-electron chi connectivity index (χ4n) is 7.05. The van der Waals surface area contributed by atoms with Crippen LogP contribution in [0.25, 0.3) is 0 Å². The Bertz CT molecular complexity index is 851. The first kappa shape index (κ1) is 26.9. The molecule has 4 rings (SSSR count). The van der Waals surface area contributed by atoms with Gasteiger partial charge in [-0.2, -0.15) is 0 Å². The number of aliphatic hydroxyl groups is 1. The number of esters is 1. The SMILES string of the molecule is C=CCCCOC(=O)[C@@H]1[C@@H]2CCC3(O2)C(C(=O)N(CC=C)C2CCCCC2)N([C@@H](CC)CO)C(=O)[C@H]13. The summed E-state index contributed by atoms with van der Waals surface area (Å²) in [4.78, 5) is 45.0. The summed E-state index contributed by atoms with van der Waals surface area (Å²) in [5.74, 6) is -2.34. The van der Waals surface area contributed by atoms with Crippen molar-refractivity contribution in [2.24, 2.45) is 11.8 Å². The van der Waals surface area contributed by atoms with Gasteiger partial charge in [-0.1, -0.05) is 38.3 Å². The van der Waals surface area contributed by atoms with Gasteiger partial charge in [0.25, 0.3) is 0 Å². The molecule has 3 aliphatic heterocycles. The van der Waals surface area contributed by atoms with E-state index in [2.05, 4.69) is 13.2 Å². The molecule has 3 saturated heterocycles. The topological polar surface area (TPSA) is 96.4 Å². The van der Waals surface area contributed by atoms with Gasteiger partial charge in [0.15, 0.2) is 0 Å². The van der Waals surface area contributed by atoms with Gasteiger partial charge in [-0.05, 0) is 44.9 Å². The Labute approximate surface area is 214 Å². The third-order valence-electron chi connectivity index (χ3n) is 8.74. The van der Waals surface area contributed by atoms with E-state index in [-0.39, 0.29) is 31.1 Å². The van der Waals surface area contributed by atoms with Crippen LogP contribution in [-0.2, 0) is 23.9 Å². The highest BCUT2D eigenvalue weighted by Gasteiger charge is 2.75. The standard InChI is InChI=1S/C28H42N2O6/c1-4-7-11-17-35-27(34)22-21-14-15-28(36-21)23(22)25(32)30(19(6-3)18-31)24(28)26(33)29(16-5-2)20-12-9-8-10-13-20/h4-5,19-24,31H,1-2,6-18H2,3H3/t19-,21-,22+,23-,24?,28?/m0/s1. The van der Waals surface area contributed by atoms with E-state index >= 15 is 0 Å². The zero-order chi connectivity index (χ0) is 25.9. The smallest absolute Gasteiger partial charge is 0.312 e. The lowest BCUT2D eigenvalue weighted by Crippen LogP contribution is -2.60. The maximum absolute atomic E-state index is 14.4. The number of carbonyl (C=O) groups is 3. The van der Waals surface area contributed by atoms with Crippen molar-refractivity contribution in [1.82, 2.24) is 9.80 Å². The number of likely N-dealkylation sites (tertiary alicyclic amines) is 1. The van der Waals surface area contributed by atoms with Crippen LogP contribution in [0.1, 0.15) is 71.1 Å². The molecule has 0 aromatic carbocycles. The van der Waals surface area contributed by atoms with Gasteiger partial charge in [0.05, 0.1) is 37.2 Å². The van der Waals surface area contributed by atoms with Crippen molar-refractivity contribution >= 4 is 17.8 Å². The predicted molar refractivity (Wildman–Crippen MR) is 135 cm³/mol. The molecule has 2 bridgehead atoms. The minimum atomic E-state index is -1.07. The van der Waals surface area contributed by atoms with Crippen LogP contribution in [0.15, 0.2) is 25.3 Å². The summed E-state index contributed by atoms with van der Waals surface area (Å²) in [7, 11) is 0. The molecule has 36 heavy (non-hydrogen) atoms. The van der Waals surface area contributed by atoms with Gasteiger partial charge in [0.1, 0.15) is 11.6 Å². The van der Waals surface area contributed by atoms with E-state index in [0.717, 1.165) is 38.5 Å². The Morgan fingerprint density at radius 3 is 2.64 bits per heavy atom. The van der Waals surface area contributed by atoms with E-state index in [1.807, 2.05) is 11.8 Å². The highest BCUT2D eigenvalue weighted by atomic mass is 16.6. The van der Waals surface area contributed by atoms with Crippen molar-refractivity contribution in [2.75, 3.05) is 19.8 Å². The summed E-state index contributed by atoms with van der Waals surface area (Å²) in [5, 5.41) is 10.2. The minimum Gasteiger partial charge on any atom is -0.465 e. The number of allylic oxidation sites excluding steroid dienone is 1. The van der Waals surface area contributed by atoms with Gasteiger partial charge in [0, 0.05) is 12.6 Å². The lowest BCUT2D eigenvalue weighted by atomic mass is 9.70. The van der Waals surface area contributed by atoms with Crippen LogP contribution in [0, 0.1) is 11.8 Å². The third kappa shape index (κ3) is 4.51. The molecule has 1 N–H and O–H groups in total. The fraction of sp³-hybridized carbons (Fsp3) is 0.750. The summed E-state index contributed by atoms with van der Waals surface area (Å²) in [6, 6.07) is -1.29. The van der Waals surface area contributed by atoms with Gasteiger partial charge in [-0.15, -0.1) is 13.2 Å². The summed E-state index contributed by atoms with van der Waals surface area (Å²) in [6.07, 6.45) is 11.3. The number of fused-ring (bicyclic) bond motifs is 1. The molecule has 1 spiro atoms. The molecule has 0 aromatic heterocycles. The summed E-state index contributed by atoms with van der Waals surface area (Å²) in [5.41, 5.74) is -1.07. The minimum absolute atomic E-state index is 0.0927. The molecular formula is C28H42N2O6. The van der Waals surface area contributed by atoms with Crippen molar-refractivity contribution in [3.05, 3.63) is 25.3 Å². The molecule has 4 aliphatic rings.